The van der Waals surface area contributed by atoms with Gasteiger partial charge in [-0.25, -0.2) is 4.98 Å². The van der Waals surface area contributed by atoms with Gasteiger partial charge in [0.2, 0.25) is 0 Å². The Morgan fingerprint density at radius 2 is 1.81 bits per heavy atom. The van der Waals surface area contributed by atoms with Gasteiger partial charge in [0.1, 0.15) is 17.0 Å². The van der Waals surface area contributed by atoms with E-state index in [1.807, 2.05) is 64.3 Å². The van der Waals surface area contributed by atoms with Crippen molar-refractivity contribution in [3.8, 4) is 11.5 Å². The predicted octanol–water partition coefficient (Wildman–Crippen LogP) is 5.00. The molecule has 7 heteroatoms. The van der Waals surface area contributed by atoms with Crippen LogP contribution in [0.4, 0.5) is 5.13 Å². The Balaban J connectivity index is 1.95. The zero-order valence-electron chi connectivity index (χ0n) is 19.1. The van der Waals surface area contributed by atoms with E-state index < -0.39 is 0 Å². The minimum Gasteiger partial charge on any atom is -0.494 e. The Bertz CT molecular complexity index is 1030. The van der Waals surface area contributed by atoms with Crippen molar-refractivity contribution in [2.24, 2.45) is 0 Å². The van der Waals surface area contributed by atoms with Crippen molar-refractivity contribution in [1.29, 1.82) is 0 Å². The first-order chi connectivity index (χ1) is 14.8. The lowest BCUT2D eigenvalue weighted by atomic mass is 10.2. The van der Waals surface area contributed by atoms with Gasteiger partial charge in [-0.15, -0.1) is 0 Å². The fourth-order valence-electron chi connectivity index (χ4n) is 3.31. The minimum absolute atomic E-state index is 0.0643. The molecule has 6 nitrogen and oxygen atoms in total. The van der Waals surface area contributed by atoms with Gasteiger partial charge in [0, 0.05) is 12.1 Å². The molecule has 0 aliphatic heterocycles. The molecule has 0 N–H and O–H groups in total. The molecular formula is C24H31N3O3S. The molecule has 1 heterocycles. The fourth-order valence-corrected chi connectivity index (χ4v) is 4.39. The molecule has 0 radical (unpaired) electrons. The predicted molar refractivity (Wildman–Crippen MR) is 128 cm³/mol. The number of hydrogen-bond acceptors (Lipinski definition) is 6. The number of methoxy groups -OCH3 is 1. The molecule has 1 amide bonds. The number of aromatic nitrogens is 1. The van der Waals surface area contributed by atoms with E-state index >= 15 is 0 Å². The molecule has 166 valence electrons. The summed E-state index contributed by atoms with van der Waals surface area (Å²) in [6.07, 6.45) is 0.935. The molecular weight excluding hydrogens is 410 g/mol. The van der Waals surface area contributed by atoms with Crippen molar-refractivity contribution in [3.05, 3.63) is 47.5 Å². The third-order valence-electron chi connectivity index (χ3n) is 4.85. The standard InChI is InChI=1S/C24H31N3O3S/c1-16(2)30-19-11-9-18(10-12-19)23(28)27(15-7-14-26(4)5)24-25-21-20(29-6)13-8-17(3)22(21)31-24/h8-13,16H,7,14-15H2,1-6H3. The molecule has 31 heavy (non-hydrogen) atoms. The van der Waals surface area contributed by atoms with E-state index in [9.17, 15) is 4.79 Å². The normalized spacial score (nSPS) is 11.4. The van der Waals surface area contributed by atoms with Gasteiger partial charge in [0.25, 0.3) is 5.91 Å². The van der Waals surface area contributed by atoms with Crippen LogP contribution < -0.4 is 14.4 Å². The monoisotopic (exact) mass is 441 g/mol. The highest BCUT2D eigenvalue weighted by Gasteiger charge is 2.23. The molecule has 0 aliphatic rings. The number of hydrogen-bond donors (Lipinski definition) is 0. The van der Waals surface area contributed by atoms with E-state index in [0.717, 1.165) is 40.2 Å². The highest BCUT2D eigenvalue weighted by Crippen LogP contribution is 2.37. The summed E-state index contributed by atoms with van der Waals surface area (Å²) in [7, 11) is 5.71. The number of anilines is 1. The minimum atomic E-state index is -0.0643. The number of amides is 1. The number of ether oxygens (including phenoxy) is 2. The lowest BCUT2D eigenvalue weighted by Gasteiger charge is -2.21. The molecule has 0 unspecified atom stereocenters. The first kappa shape index (κ1) is 23.0. The maximum absolute atomic E-state index is 13.5. The van der Waals surface area contributed by atoms with Gasteiger partial charge in [-0.3, -0.25) is 9.69 Å². The molecule has 1 aromatic heterocycles. The van der Waals surface area contributed by atoms with Gasteiger partial charge in [0.05, 0.1) is 17.9 Å². The van der Waals surface area contributed by atoms with E-state index in [1.165, 1.54) is 11.3 Å². The number of aryl methyl sites for hydroxylation is 1. The number of rotatable bonds is 9. The van der Waals surface area contributed by atoms with E-state index in [2.05, 4.69) is 11.8 Å². The van der Waals surface area contributed by atoms with Crippen molar-refractivity contribution in [1.82, 2.24) is 9.88 Å². The van der Waals surface area contributed by atoms with Crippen LogP contribution in [0.1, 0.15) is 36.2 Å². The third-order valence-corrected chi connectivity index (χ3v) is 6.06. The second-order valence-corrected chi connectivity index (χ2v) is 9.04. The SMILES string of the molecule is COc1ccc(C)c2sc(N(CCCN(C)C)C(=O)c3ccc(OC(C)C)cc3)nc12. The number of carbonyl (C=O) groups excluding carboxylic acids is 1. The number of thiazole rings is 1. The second-order valence-electron chi connectivity index (χ2n) is 8.06. The van der Waals surface area contributed by atoms with Crippen molar-refractivity contribution >= 4 is 32.6 Å². The zero-order valence-corrected chi connectivity index (χ0v) is 20.0. The summed E-state index contributed by atoms with van der Waals surface area (Å²) < 4.78 is 12.2. The quantitative estimate of drug-likeness (QED) is 0.468. The third kappa shape index (κ3) is 5.54. The lowest BCUT2D eigenvalue weighted by molar-refractivity contribution is 0.0986. The summed E-state index contributed by atoms with van der Waals surface area (Å²) >= 11 is 1.53. The summed E-state index contributed by atoms with van der Waals surface area (Å²) in [5, 5.41) is 0.689. The van der Waals surface area contributed by atoms with Crippen LogP contribution >= 0.6 is 11.3 Å². The Morgan fingerprint density at radius 1 is 1.10 bits per heavy atom. The van der Waals surface area contributed by atoms with Gasteiger partial charge in [-0.2, -0.15) is 0 Å². The second kappa shape index (κ2) is 10.1. The first-order valence-electron chi connectivity index (χ1n) is 10.5. The van der Waals surface area contributed by atoms with Crippen LogP contribution in [0, 0.1) is 6.92 Å². The summed E-state index contributed by atoms with van der Waals surface area (Å²) in [6, 6.07) is 11.3. The number of benzene rings is 2. The van der Waals surface area contributed by atoms with Crippen LogP contribution in [-0.4, -0.2) is 56.2 Å². The summed E-state index contributed by atoms with van der Waals surface area (Å²) in [5.41, 5.74) is 2.54. The summed E-state index contributed by atoms with van der Waals surface area (Å²) in [5.74, 6) is 1.41. The molecule has 0 saturated carbocycles. The Labute approximate surface area is 188 Å². The number of carbonyl (C=O) groups is 1. The molecule has 0 fully saturated rings. The van der Waals surface area contributed by atoms with Gasteiger partial charge in [0.15, 0.2) is 5.13 Å². The molecule has 0 spiro atoms. The first-order valence-corrected chi connectivity index (χ1v) is 11.3. The van der Waals surface area contributed by atoms with Crippen LogP contribution in [0.25, 0.3) is 10.2 Å². The average molecular weight is 442 g/mol. The van der Waals surface area contributed by atoms with Crippen molar-refractivity contribution in [3.63, 3.8) is 0 Å². The lowest BCUT2D eigenvalue weighted by Crippen LogP contribution is -2.33. The maximum atomic E-state index is 13.5. The molecule has 3 rings (SSSR count). The smallest absolute Gasteiger partial charge is 0.260 e. The van der Waals surface area contributed by atoms with Crippen LogP contribution in [-0.2, 0) is 0 Å². The van der Waals surface area contributed by atoms with E-state index in [1.54, 1.807) is 12.0 Å². The van der Waals surface area contributed by atoms with Gasteiger partial charge in [-0.05, 0) is 83.7 Å². The Morgan fingerprint density at radius 3 is 2.42 bits per heavy atom. The van der Waals surface area contributed by atoms with Crippen molar-refractivity contribution in [2.45, 2.75) is 33.3 Å². The molecule has 3 aromatic rings. The maximum Gasteiger partial charge on any atom is 0.260 e. The van der Waals surface area contributed by atoms with Gasteiger partial charge >= 0.3 is 0 Å². The molecule has 0 aliphatic carbocycles. The van der Waals surface area contributed by atoms with Crippen molar-refractivity contribution < 1.29 is 14.3 Å². The molecule has 2 aromatic carbocycles. The molecule has 0 bridgehead atoms. The van der Waals surface area contributed by atoms with Crippen LogP contribution in [0.5, 0.6) is 11.5 Å². The Kier molecular flexibility index (Phi) is 7.51. The topological polar surface area (TPSA) is 54.9 Å². The largest absolute Gasteiger partial charge is 0.494 e. The number of fused-ring (bicyclic) bond motifs is 1. The van der Waals surface area contributed by atoms with Gasteiger partial charge < -0.3 is 14.4 Å². The Hall–Kier alpha value is -2.64. The summed E-state index contributed by atoms with van der Waals surface area (Å²) in [6.45, 7) is 7.49. The van der Waals surface area contributed by atoms with E-state index in [0.29, 0.717) is 17.2 Å². The highest BCUT2D eigenvalue weighted by atomic mass is 32.1. The van der Waals surface area contributed by atoms with E-state index in [-0.39, 0.29) is 12.0 Å². The summed E-state index contributed by atoms with van der Waals surface area (Å²) in [4.78, 5) is 22.2. The van der Waals surface area contributed by atoms with Gasteiger partial charge in [-0.1, -0.05) is 17.4 Å². The fraction of sp³-hybridized carbons (Fsp3) is 0.417. The zero-order chi connectivity index (χ0) is 22.5. The molecule has 0 atom stereocenters. The van der Waals surface area contributed by atoms with Crippen LogP contribution in [0.2, 0.25) is 0 Å². The van der Waals surface area contributed by atoms with Crippen LogP contribution in [0.15, 0.2) is 36.4 Å². The van der Waals surface area contributed by atoms with Crippen molar-refractivity contribution in [2.75, 3.05) is 39.2 Å². The highest BCUT2D eigenvalue weighted by molar-refractivity contribution is 7.22. The number of nitrogens with zero attached hydrogens (tertiary/aromatic N) is 3. The average Bonchev–Trinajstić information content (AvgIpc) is 3.17. The molecule has 0 saturated heterocycles. The van der Waals surface area contributed by atoms with Crippen LogP contribution in [0.3, 0.4) is 0 Å². The van der Waals surface area contributed by atoms with E-state index in [4.69, 9.17) is 14.5 Å².